The number of amides is 1. The van der Waals surface area contributed by atoms with Gasteiger partial charge in [0.05, 0.1) is 6.54 Å². The van der Waals surface area contributed by atoms with Crippen LogP contribution in [-0.4, -0.2) is 20.7 Å². The molecule has 1 aliphatic heterocycles. The standard InChI is InChI=1S/C13H13ClN4O/c14-10-5-3-9(4-6-10)13(19)15-8-12-17-16-11-2-1-7-18(11)12/h3-6H,1-2,7-8H2,(H,15,19). The third-order valence-corrected chi connectivity index (χ3v) is 3.45. The number of halogens is 1. The Labute approximate surface area is 115 Å². The van der Waals surface area contributed by atoms with Crippen LogP contribution in [0.15, 0.2) is 24.3 Å². The lowest BCUT2D eigenvalue weighted by Gasteiger charge is -2.05. The molecule has 0 bridgehead atoms. The van der Waals surface area contributed by atoms with Crippen molar-refractivity contribution in [3.63, 3.8) is 0 Å². The predicted molar refractivity (Wildman–Crippen MR) is 71.0 cm³/mol. The van der Waals surface area contributed by atoms with Crippen LogP contribution in [0.25, 0.3) is 0 Å². The van der Waals surface area contributed by atoms with Crippen LogP contribution in [0, 0.1) is 0 Å². The van der Waals surface area contributed by atoms with Gasteiger partial charge in [-0.05, 0) is 30.7 Å². The molecule has 98 valence electrons. The first kappa shape index (κ1) is 12.2. The summed E-state index contributed by atoms with van der Waals surface area (Å²) in [5.74, 6) is 1.69. The van der Waals surface area contributed by atoms with Crippen LogP contribution in [0.1, 0.15) is 28.4 Å². The van der Waals surface area contributed by atoms with Gasteiger partial charge >= 0.3 is 0 Å². The number of nitrogens with one attached hydrogen (secondary N) is 1. The molecule has 0 saturated carbocycles. The Hall–Kier alpha value is -1.88. The summed E-state index contributed by atoms with van der Waals surface area (Å²) < 4.78 is 2.07. The molecule has 0 fully saturated rings. The maximum atomic E-state index is 11.9. The number of aromatic nitrogens is 3. The van der Waals surface area contributed by atoms with Gasteiger partial charge in [-0.3, -0.25) is 4.79 Å². The molecule has 2 aromatic rings. The highest BCUT2D eigenvalue weighted by Crippen LogP contribution is 2.14. The van der Waals surface area contributed by atoms with Gasteiger partial charge in [0, 0.05) is 23.6 Å². The molecule has 1 N–H and O–H groups in total. The van der Waals surface area contributed by atoms with Gasteiger partial charge in [-0.15, -0.1) is 10.2 Å². The van der Waals surface area contributed by atoms with Crippen molar-refractivity contribution in [1.29, 1.82) is 0 Å². The van der Waals surface area contributed by atoms with Crippen molar-refractivity contribution in [2.24, 2.45) is 0 Å². The summed E-state index contributed by atoms with van der Waals surface area (Å²) in [6.45, 7) is 1.34. The quantitative estimate of drug-likeness (QED) is 0.930. The number of nitrogens with zero attached hydrogens (tertiary/aromatic N) is 3. The van der Waals surface area contributed by atoms with E-state index in [0.717, 1.165) is 31.0 Å². The number of hydrogen-bond acceptors (Lipinski definition) is 3. The maximum Gasteiger partial charge on any atom is 0.251 e. The average molecular weight is 277 g/mol. The van der Waals surface area contributed by atoms with Crippen molar-refractivity contribution in [3.05, 3.63) is 46.5 Å². The van der Waals surface area contributed by atoms with Crippen LogP contribution in [-0.2, 0) is 19.5 Å². The van der Waals surface area contributed by atoms with Crippen LogP contribution in [0.2, 0.25) is 5.02 Å². The average Bonchev–Trinajstić information content (AvgIpc) is 3.00. The predicted octanol–water partition coefficient (Wildman–Crippen LogP) is 1.81. The van der Waals surface area contributed by atoms with E-state index in [-0.39, 0.29) is 5.91 Å². The second-order valence-corrected chi connectivity index (χ2v) is 4.91. The summed E-state index contributed by atoms with van der Waals surface area (Å²) in [4.78, 5) is 11.9. The van der Waals surface area contributed by atoms with Gasteiger partial charge in [-0.1, -0.05) is 11.6 Å². The lowest BCUT2D eigenvalue weighted by atomic mass is 10.2. The van der Waals surface area contributed by atoms with Gasteiger partial charge in [0.25, 0.3) is 5.91 Å². The summed E-state index contributed by atoms with van der Waals surface area (Å²) in [6, 6.07) is 6.80. The molecule has 5 nitrogen and oxygen atoms in total. The lowest BCUT2D eigenvalue weighted by molar-refractivity contribution is 0.0949. The second-order valence-electron chi connectivity index (χ2n) is 4.48. The molecular weight excluding hydrogens is 264 g/mol. The number of carbonyl (C=O) groups is 1. The van der Waals surface area contributed by atoms with E-state index in [1.807, 2.05) is 0 Å². The van der Waals surface area contributed by atoms with Crippen LogP contribution in [0.4, 0.5) is 0 Å². The first-order valence-corrected chi connectivity index (χ1v) is 6.56. The van der Waals surface area contributed by atoms with E-state index in [9.17, 15) is 4.79 Å². The van der Waals surface area contributed by atoms with E-state index >= 15 is 0 Å². The van der Waals surface area contributed by atoms with Crippen LogP contribution < -0.4 is 5.32 Å². The molecule has 19 heavy (non-hydrogen) atoms. The second kappa shape index (κ2) is 5.01. The summed E-state index contributed by atoms with van der Waals surface area (Å²) in [7, 11) is 0. The highest BCUT2D eigenvalue weighted by molar-refractivity contribution is 6.30. The van der Waals surface area contributed by atoms with Crippen molar-refractivity contribution in [3.8, 4) is 0 Å². The van der Waals surface area contributed by atoms with Crippen LogP contribution >= 0.6 is 11.6 Å². The van der Waals surface area contributed by atoms with E-state index in [1.165, 1.54) is 0 Å². The van der Waals surface area contributed by atoms with E-state index in [4.69, 9.17) is 11.6 Å². The normalized spacial score (nSPS) is 13.3. The van der Waals surface area contributed by atoms with Crippen molar-refractivity contribution in [1.82, 2.24) is 20.1 Å². The molecule has 0 atom stereocenters. The van der Waals surface area contributed by atoms with Crippen molar-refractivity contribution >= 4 is 17.5 Å². The van der Waals surface area contributed by atoms with Gasteiger partial charge < -0.3 is 9.88 Å². The van der Waals surface area contributed by atoms with E-state index in [1.54, 1.807) is 24.3 Å². The monoisotopic (exact) mass is 276 g/mol. The summed E-state index contributed by atoms with van der Waals surface area (Å²) >= 11 is 5.79. The van der Waals surface area contributed by atoms with E-state index in [0.29, 0.717) is 17.1 Å². The van der Waals surface area contributed by atoms with E-state index < -0.39 is 0 Å². The topological polar surface area (TPSA) is 59.8 Å². The fourth-order valence-corrected chi connectivity index (χ4v) is 2.33. The summed E-state index contributed by atoms with van der Waals surface area (Å²) in [6.07, 6.45) is 2.07. The highest BCUT2D eigenvalue weighted by Gasteiger charge is 2.17. The number of rotatable bonds is 3. The Morgan fingerprint density at radius 1 is 1.32 bits per heavy atom. The SMILES string of the molecule is O=C(NCc1nnc2n1CCC2)c1ccc(Cl)cc1. The number of fused-ring (bicyclic) bond motifs is 1. The zero-order chi connectivity index (χ0) is 13.2. The van der Waals surface area contributed by atoms with E-state index in [2.05, 4.69) is 20.1 Å². The molecule has 0 spiro atoms. The minimum atomic E-state index is -0.132. The molecule has 1 aliphatic rings. The molecule has 0 saturated heterocycles. The van der Waals surface area contributed by atoms with Crippen molar-refractivity contribution in [2.75, 3.05) is 0 Å². The summed E-state index contributed by atoms with van der Waals surface area (Å²) in [5.41, 5.74) is 0.588. The molecule has 0 radical (unpaired) electrons. The number of hydrogen-bond donors (Lipinski definition) is 1. The Bertz CT molecular complexity index is 606. The molecule has 0 aliphatic carbocycles. The van der Waals surface area contributed by atoms with Crippen LogP contribution in [0.3, 0.4) is 0 Å². The summed E-state index contributed by atoms with van der Waals surface area (Å²) in [5, 5.41) is 11.7. The zero-order valence-corrected chi connectivity index (χ0v) is 11.0. The zero-order valence-electron chi connectivity index (χ0n) is 10.3. The van der Waals surface area contributed by atoms with Crippen molar-refractivity contribution < 1.29 is 4.79 Å². The molecule has 1 aromatic heterocycles. The largest absolute Gasteiger partial charge is 0.345 e. The third-order valence-electron chi connectivity index (χ3n) is 3.20. The molecule has 6 heteroatoms. The Morgan fingerprint density at radius 3 is 2.89 bits per heavy atom. The Kier molecular flexibility index (Phi) is 3.21. The Morgan fingerprint density at radius 2 is 2.11 bits per heavy atom. The number of carbonyl (C=O) groups excluding carboxylic acids is 1. The minimum absolute atomic E-state index is 0.132. The fraction of sp³-hybridized carbons (Fsp3) is 0.308. The van der Waals surface area contributed by atoms with Gasteiger partial charge in [-0.25, -0.2) is 0 Å². The molecule has 3 rings (SSSR count). The molecule has 0 unspecified atom stereocenters. The molecule has 2 heterocycles. The van der Waals surface area contributed by atoms with Gasteiger partial charge in [0.15, 0.2) is 5.82 Å². The lowest BCUT2D eigenvalue weighted by Crippen LogP contribution is -2.24. The Balaban J connectivity index is 1.66. The van der Waals surface area contributed by atoms with Gasteiger partial charge in [-0.2, -0.15) is 0 Å². The van der Waals surface area contributed by atoms with Crippen LogP contribution in [0.5, 0.6) is 0 Å². The first-order valence-electron chi connectivity index (χ1n) is 6.19. The number of benzene rings is 1. The molecule has 1 amide bonds. The molecular formula is C13H13ClN4O. The highest BCUT2D eigenvalue weighted by atomic mass is 35.5. The van der Waals surface area contributed by atoms with Crippen molar-refractivity contribution in [2.45, 2.75) is 25.9 Å². The molecule has 1 aromatic carbocycles. The fourth-order valence-electron chi connectivity index (χ4n) is 2.20. The number of aryl methyl sites for hydroxylation is 1. The first-order chi connectivity index (χ1) is 9.24. The third kappa shape index (κ3) is 2.46. The maximum absolute atomic E-state index is 11.9. The van der Waals surface area contributed by atoms with Gasteiger partial charge in [0.1, 0.15) is 5.82 Å². The minimum Gasteiger partial charge on any atom is -0.345 e. The van der Waals surface area contributed by atoms with Gasteiger partial charge in [0.2, 0.25) is 0 Å². The smallest absolute Gasteiger partial charge is 0.251 e.